The highest BCUT2D eigenvalue weighted by Gasteiger charge is 2.28. The largest absolute Gasteiger partial charge is 0.348 e. The van der Waals surface area contributed by atoms with E-state index in [0.29, 0.717) is 0 Å². The first-order chi connectivity index (χ1) is 10.1. The number of likely N-dealkylation sites (tertiary alicyclic amines) is 1. The van der Waals surface area contributed by atoms with Crippen LogP contribution in [0.15, 0.2) is 24.3 Å². The SMILES string of the molecule is CN1CCC(C(=O)NC2CN(C)Cc3ccccc32)CC1. The maximum Gasteiger partial charge on any atom is 0.223 e. The number of carbonyl (C=O) groups excluding carboxylic acids is 1. The molecule has 3 rings (SSSR count). The fourth-order valence-corrected chi connectivity index (χ4v) is 3.47. The van der Waals surface area contributed by atoms with Crippen molar-refractivity contribution in [1.82, 2.24) is 15.1 Å². The van der Waals surface area contributed by atoms with Crippen molar-refractivity contribution < 1.29 is 4.79 Å². The maximum atomic E-state index is 12.5. The number of amides is 1. The molecule has 1 fully saturated rings. The van der Waals surface area contributed by atoms with Crippen LogP contribution in [0.5, 0.6) is 0 Å². The second kappa shape index (κ2) is 6.16. The van der Waals surface area contributed by atoms with Gasteiger partial charge in [0.1, 0.15) is 0 Å². The van der Waals surface area contributed by atoms with Gasteiger partial charge in [-0.3, -0.25) is 9.69 Å². The van der Waals surface area contributed by atoms with Gasteiger partial charge in [0.2, 0.25) is 5.91 Å². The van der Waals surface area contributed by atoms with Crippen LogP contribution >= 0.6 is 0 Å². The number of fused-ring (bicyclic) bond motifs is 1. The van der Waals surface area contributed by atoms with Gasteiger partial charge in [0, 0.05) is 19.0 Å². The van der Waals surface area contributed by atoms with Gasteiger partial charge >= 0.3 is 0 Å². The van der Waals surface area contributed by atoms with Crippen LogP contribution in [0.25, 0.3) is 0 Å². The highest BCUT2D eigenvalue weighted by atomic mass is 16.2. The van der Waals surface area contributed by atoms with Crippen LogP contribution in [0.1, 0.15) is 30.0 Å². The standard InChI is InChI=1S/C17H25N3O/c1-19-9-7-13(8-10-19)17(21)18-16-12-20(2)11-14-5-3-4-6-15(14)16/h3-6,13,16H,7-12H2,1-2H3,(H,18,21). The van der Waals surface area contributed by atoms with E-state index in [-0.39, 0.29) is 17.9 Å². The highest BCUT2D eigenvalue weighted by Crippen LogP contribution is 2.26. The molecule has 1 unspecified atom stereocenters. The molecule has 21 heavy (non-hydrogen) atoms. The second-order valence-electron chi connectivity index (χ2n) is 6.53. The summed E-state index contributed by atoms with van der Waals surface area (Å²) in [6.45, 7) is 3.92. The zero-order valence-electron chi connectivity index (χ0n) is 13.0. The molecule has 2 aliphatic heterocycles. The molecule has 1 saturated heterocycles. The van der Waals surface area contributed by atoms with Gasteiger partial charge in [-0.1, -0.05) is 24.3 Å². The Hall–Kier alpha value is -1.39. The zero-order chi connectivity index (χ0) is 14.8. The fourth-order valence-electron chi connectivity index (χ4n) is 3.47. The number of hydrogen-bond donors (Lipinski definition) is 1. The van der Waals surface area contributed by atoms with E-state index in [1.807, 2.05) is 0 Å². The summed E-state index contributed by atoms with van der Waals surface area (Å²) in [5.41, 5.74) is 2.62. The van der Waals surface area contributed by atoms with E-state index in [0.717, 1.165) is 39.0 Å². The van der Waals surface area contributed by atoms with Crippen molar-refractivity contribution in [3.8, 4) is 0 Å². The Morgan fingerprint density at radius 2 is 1.86 bits per heavy atom. The third kappa shape index (κ3) is 3.27. The van der Waals surface area contributed by atoms with E-state index in [2.05, 4.69) is 53.5 Å². The van der Waals surface area contributed by atoms with Gasteiger partial charge in [-0.05, 0) is 51.2 Å². The molecule has 0 radical (unpaired) electrons. The molecule has 1 atom stereocenters. The van der Waals surface area contributed by atoms with Crippen molar-refractivity contribution in [2.45, 2.75) is 25.4 Å². The molecule has 114 valence electrons. The molecular formula is C17H25N3O. The molecule has 0 saturated carbocycles. The monoisotopic (exact) mass is 287 g/mol. The summed E-state index contributed by atoms with van der Waals surface area (Å²) in [7, 11) is 4.24. The van der Waals surface area contributed by atoms with Gasteiger partial charge in [-0.25, -0.2) is 0 Å². The Labute approximate surface area is 127 Å². The molecular weight excluding hydrogens is 262 g/mol. The molecule has 2 heterocycles. The van der Waals surface area contributed by atoms with Gasteiger partial charge in [-0.15, -0.1) is 0 Å². The first-order valence-corrected chi connectivity index (χ1v) is 7.89. The van der Waals surface area contributed by atoms with Crippen LogP contribution in [0.3, 0.4) is 0 Å². The Balaban J connectivity index is 1.68. The molecule has 0 aliphatic carbocycles. The third-order valence-corrected chi connectivity index (χ3v) is 4.77. The maximum absolute atomic E-state index is 12.5. The van der Waals surface area contributed by atoms with Gasteiger partial charge in [0.25, 0.3) is 0 Å². The van der Waals surface area contributed by atoms with Gasteiger partial charge in [0.05, 0.1) is 6.04 Å². The lowest BCUT2D eigenvalue weighted by Crippen LogP contribution is -2.44. The summed E-state index contributed by atoms with van der Waals surface area (Å²) in [5.74, 6) is 0.416. The Kier molecular flexibility index (Phi) is 4.27. The molecule has 1 amide bonds. The van der Waals surface area contributed by atoms with E-state index in [4.69, 9.17) is 0 Å². The predicted octanol–water partition coefficient (Wildman–Crippen LogP) is 1.63. The predicted molar refractivity (Wildman–Crippen MR) is 83.9 cm³/mol. The summed E-state index contributed by atoms with van der Waals surface area (Å²) in [6.07, 6.45) is 1.96. The number of benzene rings is 1. The normalized spacial score (nSPS) is 24.6. The van der Waals surface area contributed by atoms with Crippen molar-refractivity contribution in [1.29, 1.82) is 0 Å². The average Bonchev–Trinajstić information content (AvgIpc) is 2.47. The van der Waals surface area contributed by atoms with Crippen LogP contribution in [-0.2, 0) is 11.3 Å². The summed E-state index contributed by atoms with van der Waals surface area (Å²) >= 11 is 0. The van der Waals surface area contributed by atoms with Crippen LogP contribution in [0, 0.1) is 5.92 Å². The topological polar surface area (TPSA) is 35.6 Å². The molecule has 0 bridgehead atoms. The Bertz CT molecular complexity index is 509. The smallest absolute Gasteiger partial charge is 0.223 e. The Morgan fingerprint density at radius 1 is 1.14 bits per heavy atom. The molecule has 2 aliphatic rings. The molecule has 4 heteroatoms. The lowest BCUT2D eigenvalue weighted by atomic mass is 9.93. The van der Waals surface area contributed by atoms with E-state index >= 15 is 0 Å². The van der Waals surface area contributed by atoms with Crippen molar-refractivity contribution in [2.75, 3.05) is 33.7 Å². The zero-order valence-corrected chi connectivity index (χ0v) is 13.0. The van der Waals surface area contributed by atoms with Crippen LogP contribution in [0.2, 0.25) is 0 Å². The minimum atomic E-state index is 0.132. The molecule has 0 aromatic heterocycles. The van der Waals surface area contributed by atoms with Gasteiger partial charge < -0.3 is 10.2 Å². The molecule has 1 N–H and O–H groups in total. The minimum Gasteiger partial charge on any atom is -0.348 e. The Morgan fingerprint density at radius 3 is 2.62 bits per heavy atom. The molecule has 4 nitrogen and oxygen atoms in total. The van der Waals surface area contributed by atoms with E-state index in [9.17, 15) is 4.79 Å². The van der Waals surface area contributed by atoms with E-state index in [1.165, 1.54) is 11.1 Å². The summed E-state index contributed by atoms with van der Waals surface area (Å²) in [4.78, 5) is 17.1. The van der Waals surface area contributed by atoms with Crippen molar-refractivity contribution >= 4 is 5.91 Å². The number of piperidine rings is 1. The van der Waals surface area contributed by atoms with Gasteiger partial charge in [0.15, 0.2) is 0 Å². The number of rotatable bonds is 2. The molecule has 0 spiro atoms. The lowest BCUT2D eigenvalue weighted by Gasteiger charge is -2.34. The second-order valence-corrected chi connectivity index (χ2v) is 6.53. The lowest BCUT2D eigenvalue weighted by molar-refractivity contribution is -0.127. The third-order valence-electron chi connectivity index (χ3n) is 4.77. The fraction of sp³-hybridized carbons (Fsp3) is 0.588. The summed E-state index contributed by atoms with van der Waals surface area (Å²) in [6, 6.07) is 8.60. The minimum absolute atomic E-state index is 0.132. The first kappa shape index (κ1) is 14.5. The number of hydrogen-bond acceptors (Lipinski definition) is 3. The quantitative estimate of drug-likeness (QED) is 0.898. The van der Waals surface area contributed by atoms with Crippen LogP contribution < -0.4 is 5.32 Å². The summed E-state index contributed by atoms with van der Waals surface area (Å²) in [5, 5.41) is 3.29. The van der Waals surface area contributed by atoms with Crippen LogP contribution in [0.4, 0.5) is 0 Å². The first-order valence-electron chi connectivity index (χ1n) is 7.89. The number of carbonyl (C=O) groups is 1. The van der Waals surface area contributed by atoms with E-state index in [1.54, 1.807) is 0 Å². The van der Waals surface area contributed by atoms with Crippen molar-refractivity contribution in [2.24, 2.45) is 5.92 Å². The average molecular weight is 287 g/mol. The van der Waals surface area contributed by atoms with Gasteiger partial charge in [-0.2, -0.15) is 0 Å². The molecule has 1 aromatic rings. The van der Waals surface area contributed by atoms with Crippen molar-refractivity contribution in [3.63, 3.8) is 0 Å². The number of likely N-dealkylation sites (N-methyl/N-ethyl adjacent to an activating group) is 1. The van der Waals surface area contributed by atoms with E-state index < -0.39 is 0 Å². The van der Waals surface area contributed by atoms with Crippen LogP contribution in [-0.4, -0.2) is 49.4 Å². The number of nitrogens with one attached hydrogen (secondary N) is 1. The molecule has 1 aromatic carbocycles. The number of nitrogens with zero attached hydrogens (tertiary/aromatic N) is 2. The van der Waals surface area contributed by atoms with Crippen molar-refractivity contribution in [3.05, 3.63) is 35.4 Å². The highest BCUT2D eigenvalue weighted by molar-refractivity contribution is 5.79. The summed E-state index contributed by atoms with van der Waals surface area (Å²) < 4.78 is 0.